The van der Waals surface area contributed by atoms with Gasteiger partial charge in [0.1, 0.15) is 0 Å². The van der Waals surface area contributed by atoms with E-state index >= 15 is 0 Å². The molecule has 0 saturated carbocycles. The number of aliphatic imine (C=N–C) groups is 1. The Morgan fingerprint density at radius 1 is 1.25 bits per heavy atom. The number of amidine groups is 1. The van der Waals surface area contributed by atoms with Crippen LogP contribution >= 0.6 is 11.8 Å². The molecule has 108 valence electrons. The van der Waals surface area contributed by atoms with E-state index in [9.17, 15) is 0 Å². The fraction of sp³-hybridized carbons (Fsp3) is 0.562. The summed E-state index contributed by atoms with van der Waals surface area (Å²) in [5, 5.41) is 4.75. The van der Waals surface area contributed by atoms with Crippen LogP contribution in [0.3, 0.4) is 0 Å². The van der Waals surface area contributed by atoms with E-state index in [1.165, 1.54) is 11.1 Å². The van der Waals surface area contributed by atoms with Gasteiger partial charge >= 0.3 is 0 Å². The Morgan fingerprint density at radius 3 is 2.65 bits per heavy atom. The van der Waals surface area contributed by atoms with Crippen molar-refractivity contribution in [1.29, 1.82) is 0 Å². The zero-order chi connectivity index (χ0) is 14.0. The number of ether oxygens (including phenoxy) is 1. The van der Waals surface area contributed by atoms with Crippen LogP contribution < -0.4 is 5.32 Å². The Balaban J connectivity index is 1.68. The van der Waals surface area contributed by atoms with Crippen molar-refractivity contribution in [3.05, 3.63) is 35.4 Å². The third-order valence-corrected chi connectivity index (χ3v) is 5.36. The minimum atomic E-state index is 0.209. The van der Waals surface area contributed by atoms with Crippen molar-refractivity contribution in [3.63, 3.8) is 0 Å². The van der Waals surface area contributed by atoms with Crippen LogP contribution in [-0.2, 0) is 4.74 Å². The van der Waals surface area contributed by atoms with Gasteiger partial charge in [-0.3, -0.25) is 4.99 Å². The van der Waals surface area contributed by atoms with Gasteiger partial charge in [0.25, 0.3) is 0 Å². The lowest BCUT2D eigenvalue weighted by atomic mass is 9.93. The number of aryl methyl sites for hydroxylation is 1. The molecule has 2 aliphatic rings. The van der Waals surface area contributed by atoms with Crippen molar-refractivity contribution in [3.8, 4) is 0 Å². The second kappa shape index (κ2) is 5.78. The first-order valence-electron chi connectivity index (χ1n) is 7.30. The zero-order valence-corrected chi connectivity index (χ0v) is 13.0. The minimum Gasteiger partial charge on any atom is -0.381 e. The number of thioether (sulfide) groups is 1. The maximum absolute atomic E-state index is 5.46. The molecule has 0 aromatic heterocycles. The van der Waals surface area contributed by atoms with E-state index in [-0.39, 0.29) is 11.6 Å². The number of hydrogen-bond acceptors (Lipinski definition) is 3. The second-order valence-electron chi connectivity index (χ2n) is 5.83. The third kappa shape index (κ3) is 3.01. The topological polar surface area (TPSA) is 33.6 Å². The first-order chi connectivity index (χ1) is 9.67. The molecule has 2 fully saturated rings. The van der Waals surface area contributed by atoms with E-state index in [4.69, 9.17) is 9.73 Å². The van der Waals surface area contributed by atoms with Crippen LogP contribution in [0.15, 0.2) is 29.3 Å². The van der Waals surface area contributed by atoms with Crippen LogP contribution in [0.1, 0.15) is 36.9 Å². The van der Waals surface area contributed by atoms with Crippen LogP contribution in [0.25, 0.3) is 0 Å². The average molecular weight is 290 g/mol. The standard InChI is InChI=1S/C16H22N2OS/c1-12-3-5-14(6-4-12)13(2)17-15-18-16(11-20-15)7-9-19-10-8-16/h3-6,13H,7-11H2,1-2H3,(H,17,18). The molecule has 4 heteroatoms. The Hall–Kier alpha value is -1.00. The molecule has 0 amide bonds. The first-order valence-corrected chi connectivity index (χ1v) is 8.29. The predicted molar refractivity (Wildman–Crippen MR) is 85.4 cm³/mol. The van der Waals surface area contributed by atoms with Gasteiger partial charge in [0.15, 0.2) is 5.17 Å². The van der Waals surface area contributed by atoms with E-state index < -0.39 is 0 Å². The third-order valence-electron chi connectivity index (χ3n) is 4.18. The minimum absolute atomic E-state index is 0.209. The fourth-order valence-electron chi connectivity index (χ4n) is 2.70. The van der Waals surface area contributed by atoms with E-state index in [0.29, 0.717) is 0 Å². The molecule has 0 radical (unpaired) electrons. The zero-order valence-electron chi connectivity index (χ0n) is 12.2. The smallest absolute Gasteiger partial charge is 0.157 e. The van der Waals surface area contributed by atoms with Gasteiger partial charge in [-0.1, -0.05) is 41.6 Å². The van der Waals surface area contributed by atoms with Crippen molar-refractivity contribution >= 4 is 16.9 Å². The summed E-state index contributed by atoms with van der Waals surface area (Å²) in [6, 6.07) is 8.87. The summed E-state index contributed by atoms with van der Waals surface area (Å²) in [6.07, 6.45) is 2.19. The van der Waals surface area contributed by atoms with Crippen molar-refractivity contribution in [1.82, 2.24) is 5.32 Å². The fourth-order valence-corrected chi connectivity index (χ4v) is 4.00. The maximum Gasteiger partial charge on any atom is 0.157 e. The van der Waals surface area contributed by atoms with Crippen molar-refractivity contribution in [2.45, 2.75) is 38.3 Å². The lowest BCUT2D eigenvalue weighted by Gasteiger charge is -2.32. The summed E-state index contributed by atoms with van der Waals surface area (Å²) < 4.78 is 5.46. The van der Waals surface area contributed by atoms with E-state index in [2.05, 4.69) is 43.4 Å². The van der Waals surface area contributed by atoms with Crippen molar-refractivity contribution in [2.24, 2.45) is 4.99 Å². The van der Waals surface area contributed by atoms with Gasteiger partial charge in [0.2, 0.25) is 0 Å². The SMILES string of the molecule is Cc1ccc(C(C)N=C2NC3(CCOCC3)CS2)cc1. The van der Waals surface area contributed by atoms with Crippen LogP contribution in [0.4, 0.5) is 0 Å². The molecule has 1 N–H and O–H groups in total. The Labute approximate surface area is 125 Å². The van der Waals surface area contributed by atoms with Crippen LogP contribution in [0.2, 0.25) is 0 Å². The summed E-state index contributed by atoms with van der Waals surface area (Å²) in [7, 11) is 0. The molecule has 2 aliphatic heterocycles. The average Bonchev–Trinajstić information content (AvgIpc) is 2.83. The number of nitrogens with zero attached hydrogens (tertiary/aromatic N) is 1. The summed E-state index contributed by atoms with van der Waals surface area (Å²) >= 11 is 1.86. The molecule has 0 bridgehead atoms. The predicted octanol–water partition coefficient (Wildman–Crippen LogP) is 3.30. The molecule has 1 aromatic rings. The van der Waals surface area contributed by atoms with E-state index in [1.54, 1.807) is 0 Å². The van der Waals surface area contributed by atoms with E-state index in [0.717, 1.165) is 37.0 Å². The molecule has 3 rings (SSSR count). The highest BCUT2D eigenvalue weighted by Gasteiger charge is 2.38. The maximum atomic E-state index is 5.46. The lowest BCUT2D eigenvalue weighted by Crippen LogP contribution is -2.48. The van der Waals surface area contributed by atoms with Gasteiger partial charge in [-0.2, -0.15) is 0 Å². The molecule has 20 heavy (non-hydrogen) atoms. The van der Waals surface area contributed by atoms with Crippen LogP contribution in [0, 0.1) is 6.92 Å². The lowest BCUT2D eigenvalue weighted by molar-refractivity contribution is 0.0555. The molecule has 1 aromatic carbocycles. The highest BCUT2D eigenvalue weighted by atomic mass is 32.2. The molecule has 2 saturated heterocycles. The molecule has 0 aliphatic carbocycles. The van der Waals surface area contributed by atoms with Crippen LogP contribution in [0.5, 0.6) is 0 Å². The normalized spacial score (nSPS) is 24.8. The molecular formula is C16H22N2OS. The summed E-state index contributed by atoms with van der Waals surface area (Å²) in [4.78, 5) is 4.85. The van der Waals surface area contributed by atoms with Crippen molar-refractivity contribution in [2.75, 3.05) is 19.0 Å². The molecular weight excluding hydrogens is 268 g/mol. The molecule has 1 atom stereocenters. The van der Waals surface area contributed by atoms with Gasteiger partial charge in [-0.15, -0.1) is 0 Å². The summed E-state index contributed by atoms with van der Waals surface area (Å²) in [5.74, 6) is 1.12. The van der Waals surface area contributed by atoms with Gasteiger partial charge in [-0.25, -0.2) is 0 Å². The van der Waals surface area contributed by atoms with Crippen molar-refractivity contribution < 1.29 is 4.74 Å². The summed E-state index contributed by atoms with van der Waals surface area (Å²) in [6.45, 7) is 6.02. The number of nitrogens with one attached hydrogen (secondary N) is 1. The molecule has 1 unspecified atom stereocenters. The largest absolute Gasteiger partial charge is 0.381 e. The first kappa shape index (κ1) is 14.0. The van der Waals surface area contributed by atoms with Gasteiger partial charge in [-0.05, 0) is 32.3 Å². The van der Waals surface area contributed by atoms with Gasteiger partial charge in [0.05, 0.1) is 11.6 Å². The van der Waals surface area contributed by atoms with Crippen LogP contribution in [-0.4, -0.2) is 29.7 Å². The number of rotatable bonds is 2. The Morgan fingerprint density at radius 2 is 1.95 bits per heavy atom. The van der Waals surface area contributed by atoms with E-state index in [1.807, 2.05) is 11.8 Å². The quantitative estimate of drug-likeness (QED) is 0.907. The Kier molecular flexibility index (Phi) is 4.03. The monoisotopic (exact) mass is 290 g/mol. The number of benzene rings is 1. The van der Waals surface area contributed by atoms with Gasteiger partial charge < -0.3 is 10.1 Å². The van der Waals surface area contributed by atoms with Gasteiger partial charge in [0, 0.05) is 19.0 Å². The number of hydrogen-bond donors (Lipinski definition) is 1. The molecule has 1 spiro atoms. The molecule has 3 nitrogen and oxygen atoms in total. The molecule has 2 heterocycles. The highest BCUT2D eigenvalue weighted by Crippen LogP contribution is 2.33. The highest BCUT2D eigenvalue weighted by molar-refractivity contribution is 8.14. The Bertz CT molecular complexity index is 492. The summed E-state index contributed by atoms with van der Waals surface area (Å²) in [5.41, 5.74) is 2.80. The second-order valence-corrected chi connectivity index (χ2v) is 6.79.